The summed E-state index contributed by atoms with van der Waals surface area (Å²) in [6.45, 7) is 9.45. The standard InChI is InChI=1S/C20H28N4O3S/c1-5-20(25)21-12-19-22-17-9-10-23(13-18(17)24(19)6-2)28(26,27)16-8-7-14(3)15(4)11-16/h7-8,11H,5-6,9-10,12-13H2,1-4H3,(H,21,25). The number of aromatic nitrogens is 2. The average molecular weight is 405 g/mol. The molecule has 28 heavy (non-hydrogen) atoms. The van der Waals surface area contributed by atoms with Crippen LogP contribution in [-0.2, 0) is 40.9 Å². The summed E-state index contributed by atoms with van der Waals surface area (Å²) in [5.41, 5.74) is 3.88. The van der Waals surface area contributed by atoms with Crippen molar-refractivity contribution in [3.8, 4) is 0 Å². The van der Waals surface area contributed by atoms with E-state index >= 15 is 0 Å². The Morgan fingerprint density at radius 3 is 2.61 bits per heavy atom. The van der Waals surface area contributed by atoms with Crippen molar-refractivity contribution in [2.75, 3.05) is 6.54 Å². The van der Waals surface area contributed by atoms with Crippen LogP contribution in [0.5, 0.6) is 0 Å². The molecule has 0 bridgehead atoms. The van der Waals surface area contributed by atoms with Gasteiger partial charge in [0.2, 0.25) is 15.9 Å². The first-order chi connectivity index (χ1) is 13.3. The third-order valence-corrected chi connectivity index (χ3v) is 7.20. The summed E-state index contributed by atoms with van der Waals surface area (Å²) in [6, 6.07) is 5.27. The lowest BCUT2D eigenvalue weighted by Crippen LogP contribution is -2.36. The van der Waals surface area contributed by atoms with Gasteiger partial charge in [0.05, 0.1) is 29.4 Å². The molecule has 1 aromatic carbocycles. The number of aryl methyl sites for hydroxylation is 2. The van der Waals surface area contributed by atoms with Crippen molar-refractivity contribution in [1.29, 1.82) is 0 Å². The van der Waals surface area contributed by atoms with Gasteiger partial charge in [0, 0.05) is 25.9 Å². The lowest BCUT2D eigenvalue weighted by molar-refractivity contribution is -0.120. The van der Waals surface area contributed by atoms with E-state index in [0.29, 0.717) is 43.9 Å². The van der Waals surface area contributed by atoms with Crippen molar-refractivity contribution in [3.05, 3.63) is 46.5 Å². The van der Waals surface area contributed by atoms with E-state index in [4.69, 9.17) is 0 Å². The molecular weight excluding hydrogens is 376 g/mol. The normalized spacial score (nSPS) is 14.7. The van der Waals surface area contributed by atoms with Crippen molar-refractivity contribution < 1.29 is 13.2 Å². The zero-order valence-corrected chi connectivity index (χ0v) is 17.8. The summed E-state index contributed by atoms with van der Waals surface area (Å²) < 4.78 is 29.9. The second-order valence-corrected chi connectivity index (χ2v) is 9.07. The molecule has 1 aliphatic heterocycles. The van der Waals surface area contributed by atoms with E-state index in [1.54, 1.807) is 12.1 Å². The van der Waals surface area contributed by atoms with E-state index in [9.17, 15) is 13.2 Å². The molecule has 0 saturated carbocycles. The van der Waals surface area contributed by atoms with Crippen LogP contribution < -0.4 is 5.32 Å². The number of carbonyl (C=O) groups excluding carboxylic acids is 1. The highest BCUT2D eigenvalue weighted by Crippen LogP contribution is 2.27. The van der Waals surface area contributed by atoms with Gasteiger partial charge in [-0.2, -0.15) is 4.31 Å². The third kappa shape index (κ3) is 3.84. The predicted molar refractivity (Wildman–Crippen MR) is 107 cm³/mol. The van der Waals surface area contributed by atoms with Crippen LogP contribution in [0, 0.1) is 13.8 Å². The van der Waals surface area contributed by atoms with E-state index in [0.717, 1.165) is 28.3 Å². The zero-order valence-electron chi connectivity index (χ0n) is 16.9. The molecule has 0 saturated heterocycles. The van der Waals surface area contributed by atoms with Crippen LogP contribution in [0.2, 0.25) is 0 Å². The van der Waals surface area contributed by atoms with Gasteiger partial charge in [0.25, 0.3) is 0 Å². The Morgan fingerprint density at radius 1 is 1.21 bits per heavy atom. The maximum atomic E-state index is 13.2. The van der Waals surface area contributed by atoms with Gasteiger partial charge in [-0.3, -0.25) is 4.79 Å². The molecule has 1 aromatic heterocycles. The van der Waals surface area contributed by atoms with Crippen molar-refractivity contribution in [2.45, 2.75) is 65.1 Å². The van der Waals surface area contributed by atoms with Crippen LogP contribution in [0.15, 0.2) is 23.1 Å². The SMILES string of the molecule is CCC(=O)NCc1nc2c(n1CC)CN(S(=O)(=O)c1ccc(C)c(C)c1)CC2. The monoisotopic (exact) mass is 404 g/mol. The highest BCUT2D eigenvalue weighted by Gasteiger charge is 2.31. The van der Waals surface area contributed by atoms with Gasteiger partial charge in [0.15, 0.2) is 0 Å². The lowest BCUT2D eigenvalue weighted by Gasteiger charge is -2.27. The number of amides is 1. The van der Waals surface area contributed by atoms with E-state index in [1.165, 1.54) is 4.31 Å². The summed E-state index contributed by atoms with van der Waals surface area (Å²) in [7, 11) is -3.57. The van der Waals surface area contributed by atoms with E-state index in [1.807, 2.05) is 38.3 Å². The van der Waals surface area contributed by atoms with Gasteiger partial charge in [-0.1, -0.05) is 13.0 Å². The first-order valence-corrected chi connectivity index (χ1v) is 11.1. The van der Waals surface area contributed by atoms with E-state index < -0.39 is 10.0 Å². The number of rotatable bonds is 6. The van der Waals surface area contributed by atoms with Gasteiger partial charge in [-0.15, -0.1) is 0 Å². The Labute approximate surface area is 166 Å². The van der Waals surface area contributed by atoms with E-state index in [2.05, 4.69) is 10.3 Å². The zero-order chi connectivity index (χ0) is 20.5. The first-order valence-electron chi connectivity index (χ1n) is 9.69. The number of carbonyl (C=O) groups is 1. The molecule has 0 spiro atoms. The van der Waals surface area contributed by atoms with Crippen molar-refractivity contribution in [2.24, 2.45) is 0 Å². The van der Waals surface area contributed by atoms with Gasteiger partial charge >= 0.3 is 0 Å². The summed E-state index contributed by atoms with van der Waals surface area (Å²) in [6.07, 6.45) is 0.996. The van der Waals surface area contributed by atoms with Gasteiger partial charge in [-0.25, -0.2) is 13.4 Å². The number of benzene rings is 1. The Morgan fingerprint density at radius 2 is 1.96 bits per heavy atom. The fourth-order valence-electron chi connectivity index (χ4n) is 3.49. The molecule has 0 aliphatic carbocycles. The molecule has 0 unspecified atom stereocenters. The lowest BCUT2D eigenvalue weighted by atomic mass is 10.1. The van der Waals surface area contributed by atoms with Crippen LogP contribution in [0.1, 0.15) is 48.6 Å². The van der Waals surface area contributed by atoms with Crippen molar-refractivity contribution in [1.82, 2.24) is 19.2 Å². The quantitative estimate of drug-likeness (QED) is 0.801. The molecule has 3 rings (SSSR count). The second kappa shape index (κ2) is 8.05. The molecule has 1 aliphatic rings. The molecule has 152 valence electrons. The fraction of sp³-hybridized carbons (Fsp3) is 0.500. The van der Waals surface area contributed by atoms with Crippen LogP contribution in [0.4, 0.5) is 0 Å². The first kappa shape index (κ1) is 20.5. The Hall–Kier alpha value is -2.19. The summed E-state index contributed by atoms with van der Waals surface area (Å²) >= 11 is 0. The smallest absolute Gasteiger partial charge is 0.243 e. The maximum Gasteiger partial charge on any atom is 0.243 e. The van der Waals surface area contributed by atoms with Crippen LogP contribution >= 0.6 is 0 Å². The summed E-state index contributed by atoms with van der Waals surface area (Å²) in [4.78, 5) is 16.6. The minimum absolute atomic E-state index is 0.0254. The fourth-order valence-corrected chi connectivity index (χ4v) is 4.97. The molecule has 0 atom stereocenters. The van der Waals surface area contributed by atoms with Gasteiger partial charge in [-0.05, 0) is 44.0 Å². The molecule has 2 aromatic rings. The highest BCUT2D eigenvalue weighted by atomic mass is 32.2. The molecule has 8 heteroatoms. The molecule has 0 fully saturated rings. The largest absolute Gasteiger partial charge is 0.349 e. The van der Waals surface area contributed by atoms with Crippen LogP contribution in [-0.4, -0.2) is 34.7 Å². The highest BCUT2D eigenvalue weighted by molar-refractivity contribution is 7.89. The van der Waals surface area contributed by atoms with Gasteiger partial charge in [0.1, 0.15) is 5.82 Å². The number of hydrogen-bond donors (Lipinski definition) is 1. The second-order valence-electron chi connectivity index (χ2n) is 7.13. The van der Waals surface area contributed by atoms with Crippen molar-refractivity contribution >= 4 is 15.9 Å². The average Bonchev–Trinajstić information content (AvgIpc) is 3.04. The molecular formula is C20H28N4O3S. The Kier molecular flexibility index (Phi) is 5.90. The minimum Gasteiger partial charge on any atom is -0.349 e. The van der Waals surface area contributed by atoms with Crippen molar-refractivity contribution in [3.63, 3.8) is 0 Å². The topological polar surface area (TPSA) is 84.3 Å². The maximum absolute atomic E-state index is 13.2. The number of nitrogens with zero attached hydrogens (tertiary/aromatic N) is 3. The number of hydrogen-bond acceptors (Lipinski definition) is 4. The van der Waals surface area contributed by atoms with E-state index in [-0.39, 0.29) is 5.91 Å². The summed E-state index contributed by atoms with van der Waals surface area (Å²) in [5, 5.41) is 2.86. The summed E-state index contributed by atoms with van der Waals surface area (Å²) in [5.74, 6) is 0.752. The Balaban J connectivity index is 1.88. The molecule has 0 radical (unpaired) electrons. The number of fused-ring (bicyclic) bond motifs is 1. The van der Waals surface area contributed by atoms with Crippen LogP contribution in [0.3, 0.4) is 0 Å². The molecule has 1 amide bonds. The molecule has 7 nitrogen and oxygen atoms in total. The molecule has 1 N–H and O–H groups in total. The molecule has 2 heterocycles. The van der Waals surface area contributed by atoms with Crippen LogP contribution in [0.25, 0.3) is 0 Å². The third-order valence-electron chi connectivity index (χ3n) is 5.36. The predicted octanol–water partition coefficient (Wildman–Crippen LogP) is 2.29. The minimum atomic E-state index is -3.57. The number of sulfonamides is 1. The van der Waals surface area contributed by atoms with Gasteiger partial charge < -0.3 is 9.88 Å². The number of imidazole rings is 1. The Bertz CT molecular complexity index is 995. The number of nitrogens with one attached hydrogen (secondary N) is 1.